The highest BCUT2D eigenvalue weighted by Crippen LogP contribution is 2.19. The van der Waals surface area contributed by atoms with Gasteiger partial charge in [0.2, 0.25) is 0 Å². The number of aromatic nitrogens is 2. The first-order valence-electron chi connectivity index (χ1n) is 7.42. The Labute approximate surface area is 121 Å². The molecule has 1 fully saturated rings. The summed E-state index contributed by atoms with van der Waals surface area (Å²) in [6.45, 7) is 7.06. The Hall–Kier alpha value is -1.38. The maximum atomic E-state index is 8.90. The summed E-state index contributed by atoms with van der Waals surface area (Å²) in [5.41, 5.74) is 2.07. The Kier molecular flexibility index (Phi) is 5.16. The number of nitrogens with zero attached hydrogens (tertiary/aromatic N) is 4. The molecule has 1 saturated heterocycles. The minimum atomic E-state index is 0.317. The van der Waals surface area contributed by atoms with Gasteiger partial charge in [0, 0.05) is 38.4 Å². The maximum Gasteiger partial charge on any atom is 0.0807 e. The quantitative estimate of drug-likeness (QED) is 0.824. The second kappa shape index (κ2) is 6.87. The van der Waals surface area contributed by atoms with Crippen LogP contribution < -0.4 is 0 Å². The van der Waals surface area contributed by atoms with Crippen molar-refractivity contribution in [3.63, 3.8) is 0 Å². The normalized spacial score (nSPS) is 23.7. The molecular weight excluding hydrogens is 252 g/mol. The average molecular weight is 276 g/mol. The molecule has 1 aromatic heterocycles. The van der Waals surface area contributed by atoms with Crippen LogP contribution in [-0.2, 0) is 24.8 Å². The summed E-state index contributed by atoms with van der Waals surface area (Å²) in [4.78, 5) is 2.41. The number of ether oxygens (including phenoxy) is 1. The van der Waals surface area contributed by atoms with Crippen LogP contribution in [-0.4, -0.2) is 40.0 Å². The third kappa shape index (κ3) is 3.59. The number of hydrogen-bond acceptors (Lipinski definition) is 4. The number of morpholine rings is 1. The lowest BCUT2D eigenvalue weighted by molar-refractivity contribution is -0.0896. The van der Waals surface area contributed by atoms with Gasteiger partial charge in [0.15, 0.2) is 0 Å². The zero-order chi connectivity index (χ0) is 14.5. The van der Waals surface area contributed by atoms with E-state index in [0.717, 1.165) is 43.7 Å². The summed E-state index contributed by atoms with van der Waals surface area (Å²) in [6, 6.07) is 2.22. The Morgan fingerprint density at radius 1 is 1.35 bits per heavy atom. The van der Waals surface area contributed by atoms with Crippen molar-refractivity contribution < 1.29 is 4.74 Å². The smallest absolute Gasteiger partial charge is 0.0807 e. The first-order chi connectivity index (χ1) is 9.66. The lowest BCUT2D eigenvalue weighted by Gasteiger charge is -2.37. The molecule has 5 nitrogen and oxygen atoms in total. The van der Waals surface area contributed by atoms with E-state index < -0.39 is 0 Å². The van der Waals surface area contributed by atoms with E-state index in [1.807, 2.05) is 13.2 Å². The van der Waals surface area contributed by atoms with E-state index in [9.17, 15) is 0 Å². The molecule has 0 aliphatic carbocycles. The van der Waals surface area contributed by atoms with Gasteiger partial charge in [0.1, 0.15) is 0 Å². The number of hydrogen-bond donors (Lipinski definition) is 0. The van der Waals surface area contributed by atoms with Crippen LogP contribution in [0.1, 0.15) is 37.9 Å². The fourth-order valence-corrected chi connectivity index (χ4v) is 2.75. The first kappa shape index (κ1) is 15.0. The van der Waals surface area contributed by atoms with Crippen LogP contribution in [0, 0.1) is 11.3 Å². The van der Waals surface area contributed by atoms with Crippen molar-refractivity contribution in [1.29, 1.82) is 5.26 Å². The number of nitriles is 1. The van der Waals surface area contributed by atoms with E-state index in [1.54, 1.807) is 4.68 Å². The van der Waals surface area contributed by atoms with Crippen LogP contribution >= 0.6 is 0 Å². The zero-order valence-electron chi connectivity index (χ0n) is 12.7. The van der Waals surface area contributed by atoms with Crippen LogP contribution in [0.4, 0.5) is 0 Å². The van der Waals surface area contributed by atoms with E-state index in [-0.39, 0.29) is 0 Å². The van der Waals surface area contributed by atoms with Crippen molar-refractivity contribution >= 4 is 0 Å². The van der Waals surface area contributed by atoms with Gasteiger partial charge < -0.3 is 4.74 Å². The van der Waals surface area contributed by atoms with Gasteiger partial charge in [-0.25, -0.2) is 0 Å². The summed E-state index contributed by atoms with van der Waals surface area (Å²) in [5, 5.41) is 13.4. The summed E-state index contributed by atoms with van der Waals surface area (Å²) < 4.78 is 7.82. The van der Waals surface area contributed by atoms with Gasteiger partial charge in [-0.3, -0.25) is 9.58 Å². The highest BCUT2D eigenvalue weighted by atomic mass is 16.5. The van der Waals surface area contributed by atoms with Crippen LogP contribution in [0.2, 0.25) is 0 Å². The summed E-state index contributed by atoms with van der Waals surface area (Å²) in [5.74, 6) is 0. The SMILES string of the molecule is CCC1CN(Cc2nn(C)cc2CC#N)CC(CC)O1. The van der Waals surface area contributed by atoms with E-state index >= 15 is 0 Å². The first-order valence-corrected chi connectivity index (χ1v) is 7.42. The van der Waals surface area contributed by atoms with Gasteiger partial charge >= 0.3 is 0 Å². The van der Waals surface area contributed by atoms with Crippen molar-refractivity contribution in [3.05, 3.63) is 17.5 Å². The van der Waals surface area contributed by atoms with Crippen LogP contribution in [0.5, 0.6) is 0 Å². The maximum absolute atomic E-state index is 8.90. The summed E-state index contributed by atoms with van der Waals surface area (Å²) >= 11 is 0. The van der Waals surface area contributed by atoms with E-state index in [0.29, 0.717) is 18.6 Å². The predicted molar refractivity (Wildman–Crippen MR) is 77.0 cm³/mol. The van der Waals surface area contributed by atoms with Crippen molar-refractivity contribution in [2.24, 2.45) is 7.05 Å². The summed E-state index contributed by atoms with van der Waals surface area (Å²) in [7, 11) is 1.91. The molecule has 0 aromatic carbocycles. The molecule has 1 aliphatic rings. The van der Waals surface area contributed by atoms with Crippen LogP contribution in [0.15, 0.2) is 6.20 Å². The molecule has 0 N–H and O–H groups in total. The standard InChI is InChI=1S/C15H24N4O/c1-4-13-9-19(10-14(5-2)20-13)11-15-12(6-7-16)8-18(3)17-15/h8,13-14H,4-6,9-11H2,1-3H3. The molecular formula is C15H24N4O. The Morgan fingerprint density at radius 2 is 2.00 bits per heavy atom. The molecule has 0 radical (unpaired) electrons. The molecule has 2 unspecified atom stereocenters. The van der Waals surface area contributed by atoms with Crippen molar-refractivity contribution in [1.82, 2.24) is 14.7 Å². The van der Waals surface area contributed by atoms with Gasteiger partial charge in [0.25, 0.3) is 0 Å². The molecule has 1 aromatic rings. The van der Waals surface area contributed by atoms with Crippen molar-refractivity contribution in [2.45, 2.75) is 51.9 Å². The van der Waals surface area contributed by atoms with Gasteiger partial charge in [-0.15, -0.1) is 0 Å². The van der Waals surface area contributed by atoms with Gasteiger partial charge in [-0.05, 0) is 12.8 Å². The zero-order valence-corrected chi connectivity index (χ0v) is 12.7. The minimum Gasteiger partial charge on any atom is -0.372 e. The molecule has 2 rings (SSSR count). The Morgan fingerprint density at radius 3 is 2.55 bits per heavy atom. The molecule has 110 valence electrons. The van der Waals surface area contributed by atoms with Crippen LogP contribution in [0.3, 0.4) is 0 Å². The minimum absolute atomic E-state index is 0.317. The van der Waals surface area contributed by atoms with Gasteiger partial charge in [0.05, 0.1) is 30.4 Å². The monoisotopic (exact) mass is 276 g/mol. The fraction of sp³-hybridized carbons (Fsp3) is 0.733. The second-order valence-corrected chi connectivity index (χ2v) is 5.50. The predicted octanol–water partition coefficient (Wildman–Crippen LogP) is 1.88. The average Bonchev–Trinajstić information content (AvgIpc) is 2.78. The Balaban J connectivity index is 2.06. The molecule has 1 aliphatic heterocycles. The largest absolute Gasteiger partial charge is 0.372 e. The molecule has 0 saturated carbocycles. The number of aryl methyl sites for hydroxylation is 1. The molecule has 0 bridgehead atoms. The molecule has 0 spiro atoms. The van der Waals surface area contributed by atoms with E-state index in [2.05, 4.69) is 29.9 Å². The fourth-order valence-electron chi connectivity index (χ4n) is 2.75. The van der Waals surface area contributed by atoms with Crippen LogP contribution in [0.25, 0.3) is 0 Å². The van der Waals surface area contributed by atoms with E-state index in [4.69, 9.17) is 10.00 Å². The molecule has 2 atom stereocenters. The molecule has 0 amide bonds. The third-order valence-corrected chi connectivity index (χ3v) is 3.85. The number of rotatable bonds is 5. The second-order valence-electron chi connectivity index (χ2n) is 5.50. The highest BCUT2D eigenvalue weighted by Gasteiger charge is 2.26. The van der Waals surface area contributed by atoms with E-state index in [1.165, 1.54) is 0 Å². The Bertz CT molecular complexity index is 465. The van der Waals surface area contributed by atoms with Gasteiger partial charge in [-0.1, -0.05) is 13.8 Å². The topological polar surface area (TPSA) is 54.1 Å². The van der Waals surface area contributed by atoms with Crippen molar-refractivity contribution in [3.8, 4) is 6.07 Å². The molecule has 2 heterocycles. The van der Waals surface area contributed by atoms with Crippen molar-refractivity contribution in [2.75, 3.05) is 13.1 Å². The lowest BCUT2D eigenvalue weighted by Crippen LogP contribution is -2.46. The molecule has 20 heavy (non-hydrogen) atoms. The highest BCUT2D eigenvalue weighted by molar-refractivity contribution is 5.20. The summed E-state index contributed by atoms with van der Waals surface area (Å²) in [6.07, 6.45) is 5.10. The lowest BCUT2D eigenvalue weighted by atomic mass is 10.1. The van der Waals surface area contributed by atoms with Gasteiger partial charge in [-0.2, -0.15) is 10.4 Å². The molecule has 5 heteroatoms. The third-order valence-electron chi connectivity index (χ3n) is 3.85.